The fourth-order valence-corrected chi connectivity index (χ4v) is 2.93. The standard InChI is InChI=1S/C15H17BrN2O3/c1-9(19)3-4-14(21)17-13-8-12(16)7-11-5-6-18(10(2)20)15(11)13/h7-8H,3-6H2,1-2H3,(H,17,21). The molecule has 1 aromatic carbocycles. The van der Waals surface area contributed by atoms with Gasteiger partial charge in [-0.2, -0.15) is 0 Å². The van der Waals surface area contributed by atoms with Gasteiger partial charge in [-0.1, -0.05) is 15.9 Å². The molecule has 1 aliphatic heterocycles. The molecule has 0 saturated carbocycles. The molecule has 0 saturated heterocycles. The zero-order valence-corrected chi connectivity index (χ0v) is 13.6. The van der Waals surface area contributed by atoms with Gasteiger partial charge >= 0.3 is 0 Å². The van der Waals surface area contributed by atoms with Crippen molar-refractivity contribution in [1.82, 2.24) is 0 Å². The molecule has 0 spiro atoms. The molecule has 112 valence electrons. The highest BCUT2D eigenvalue weighted by Crippen LogP contribution is 2.38. The third-order valence-electron chi connectivity index (χ3n) is 3.39. The highest BCUT2D eigenvalue weighted by molar-refractivity contribution is 9.10. The van der Waals surface area contributed by atoms with Crippen LogP contribution in [0.3, 0.4) is 0 Å². The van der Waals surface area contributed by atoms with Crippen LogP contribution in [0, 0.1) is 0 Å². The molecular weight excluding hydrogens is 336 g/mol. The Morgan fingerprint density at radius 2 is 1.95 bits per heavy atom. The van der Waals surface area contributed by atoms with Crippen LogP contribution in [-0.2, 0) is 20.8 Å². The summed E-state index contributed by atoms with van der Waals surface area (Å²) < 4.78 is 0.855. The molecule has 0 bridgehead atoms. The number of benzene rings is 1. The van der Waals surface area contributed by atoms with Crippen molar-refractivity contribution in [3.63, 3.8) is 0 Å². The van der Waals surface area contributed by atoms with Crippen LogP contribution in [0.1, 0.15) is 32.3 Å². The summed E-state index contributed by atoms with van der Waals surface area (Å²) in [6.07, 6.45) is 1.14. The summed E-state index contributed by atoms with van der Waals surface area (Å²) in [6, 6.07) is 3.75. The van der Waals surface area contributed by atoms with Crippen molar-refractivity contribution in [2.75, 3.05) is 16.8 Å². The summed E-state index contributed by atoms with van der Waals surface area (Å²) in [5.41, 5.74) is 2.41. The van der Waals surface area contributed by atoms with Crippen LogP contribution in [0.5, 0.6) is 0 Å². The number of Topliss-reactive ketones (excluding diaryl/α,β-unsaturated/α-hetero) is 1. The molecule has 21 heavy (non-hydrogen) atoms. The van der Waals surface area contributed by atoms with E-state index in [9.17, 15) is 14.4 Å². The van der Waals surface area contributed by atoms with Crippen molar-refractivity contribution in [2.24, 2.45) is 0 Å². The highest BCUT2D eigenvalue weighted by atomic mass is 79.9. The number of hydrogen-bond acceptors (Lipinski definition) is 3. The Kier molecular flexibility index (Phi) is 4.77. The minimum atomic E-state index is -0.221. The Morgan fingerprint density at radius 3 is 2.57 bits per heavy atom. The molecule has 0 unspecified atom stereocenters. The fraction of sp³-hybridized carbons (Fsp3) is 0.400. The molecule has 0 aliphatic carbocycles. The average Bonchev–Trinajstić information content (AvgIpc) is 2.80. The van der Waals surface area contributed by atoms with E-state index in [0.29, 0.717) is 12.2 Å². The second kappa shape index (κ2) is 6.39. The number of ketones is 1. The van der Waals surface area contributed by atoms with E-state index >= 15 is 0 Å². The maximum atomic E-state index is 11.9. The third kappa shape index (κ3) is 3.69. The van der Waals surface area contributed by atoms with Gasteiger partial charge in [0.15, 0.2) is 0 Å². The smallest absolute Gasteiger partial charge is 0.224 e. The molecule has 1 aliphatic rings. The van der Waals surface area contributed by atoms with Crippen LogP contribution < -0.4 is 10.2 Å². The minimum absolute atomic E-state index is 0.0185. The number of fused-ring (bicyclic) bond motifs is 1. The molecule has 0 fully saturated rings. The summed E-state index contributed by atoms with van der Waals surface area (Å²) in [6.45, 7) is 3.59. The maximum Gasteiger partial charge on any atom is 0.224 e. The monoisotopic (exact) mass is 352 g/mol. The second-order valence-corrected chi connectivity index (χ2v) is 6.05. The minimum Gasteiger partial charge on any atom is -0.324 e. The van der Waals surface area contributed by atoms with Gasteiger partial charge in [0.1, 0.15) is 5.78 Å². The van der Waals surface area contributed by atoms with Crippen LogP contribution in [0.2, 0.25) is 0 Å². The van der Waals surface area contributed by atoms with Gasteiger partial charge in [-0.05, 0) is 31.0 Å². The lowest BCUT2D eigenvalue weighted by Crippen LogP contribution is -2.27. The lowest BCUT2D eigenvalue weighted by atomic mass is 10.1. The van der Waals surface area contributed by atoms with Crippen molar-refractivity contribution in [3.8, 4) is 0 Å². The number of hydrogen-bond donors (Lipinski definition) is 1. The highest BCUT2D eigenvalue weighted by Gasteiger charge is 2.26. The Balaban J connectivity index is 2.25. The lowest BCUT2D eigenvalue weighted by molar-refractivity contribution is -0.121. The molecular formula is C15H17BrN2O3. The molecule has 0 radical (unpaired) electrons. The Morgan fingerprint density at radius 1 is 1.24 bits per heavy atom. The average molecular weight is 353 g/mol. The molecule has 2 amide bonds. The normalized spacial score (nSPS) is 13.0. The number of nitrogens with one attached hydrogen (secondary N) is 1. The molecule has 0 atom stereocenters. The van der Waals surface area contributed by atoms with Gasteiger partial charge in [-0.3, -0.25) is 9.59 Å². The van der Waals surface area contributed by atoms with E-state index in [4.69, 9.17) is 0 Å². The van der Waals surface area contributed by atoms with E-state index < -0.39 is 0 Å². The Hall–Kier alpha value is -1.69. The van der Waals surface area contributed by atoms with E-state index in [-0.39, 0.29) is 30.4 Å². The summed E-state index contributed by atoms with van der Waals surface area (Å²) in [5.74, 6) is -0.286. The topological polar surface area (TPSA) is 66.5 Å². The summed E-state index contributed by atoms with van der Waals surface area (Å²) in [7, 11) is 0. The SMILES string of the molecule is CC(=O)CCC(=O)Nc1cc(Br)cc2c1N(C(C)=O)CC2. The number of amides is 2. The van der Waals surface area contributed by atoms with Gasteiger partial charge in [-0.25, -0.2) is 0 Å². The van der Waals surface area contributed by atoms with Crippen molar-refractivity contribution in [3.05, 3.63) is 22.2 Å². The van der Waals surface area contributed by atoms with Crippen LogP contribution in [-0.4, -0.2) is 24.1 Å². The van der Waals surface area contributed by atoms with E-state index in [0.717, 1.165) is 22.1 Å². The first kappa shape index (κ1) is 15.7. The number of carbonyl (C=O) groups is 3. The maximum absolute atomic E-state index is 11.9. The van der Waals surface area contributed by atoms with E-state index in [1.165, 1.54) is 13.8 Å². The fourth-order valence-electron chi connectivity index (χ4n) is 2.42. The second-order valence-electron chi connectivity index (χ2n) is 5.13. The molecule has 1 heterocycles. The summed E-state index contributed by atoms with van der Waals surface area (Å²) in [4.78, 5) is 36.2. The molecule has 1 N–H and O–H groups in total. The van der Waals surface area contributed by atoms with Gasteiger partial charge in [0.05, 0.1) is 11.4 Å². The van der Waals surface area contributed by atoms with Gasteiger partial charge in [-0.15, -0.1) is 0 Å². The van der Waals surface area contributed by atoms with Crippen molar-refractivity contribution >= 4 is 44.9 Å². The van der Waals surface area contributed by atoms with Crippen LogP contribution in [0.4, 0.5) is 11.4 Å². The van der Waals surface area contributed by atoms with Gasteiger partial charge in [0.2, 0.25) is 11.8 Å². The van der Waals surface area contributed by atoms with Crippen molar-refractivity contribution in [2.45, 2.75) is 33.1 Å². The number of rotatable bonds is 4. The first-order chi connectivity index (χ1) is 9.88. The first-order valence-electron chi connectivity index (χ1n) is 6.78. The molecule has 2 rings (SSSR count). The van der Waals surface area contributed by atoms with Gasteiger partial charge in [0, 0.05) is 30.8 Å². The molecule has 0 aromatic heterocycles. The van der Waals surface area contributed by atoms with Crippen molar-refractivity contribution in [1.29, 1.82) is 0 Å². The summed E-state index contributed by atoms with van der Waals surface area (Å²) in [5, 5.41) is 2.81. The molecule has 1 aromatic rings. The van der Waals surface area contributed by atoms with Crippen LogP contribution in [0.25, 0.3) is 0 Å². The number of halogens is 1. The quantitative estimate of drug-likeness (QED) is 0.905. The molecule has 6 heteroatoms. The number of anilines is 2. The predicted molar refractivity (Wildman–Crippen MR) is 84.4 cm³/mol. The zero-order chi connectivity index (χ0) is 15.6. The van der Waals surface area contributed by atoms with Crippen LogP contribution >= 0.6 is 15.9 Å². The van der Waals surface area contributed by atoms with E-state index in [1.54, 1.807) is 11.0 Å². The Labute approximate surface area is 131 Å². The Bertz CT molecular complexity index is 613. The third-order valence-corrected chi connectivity index (χ3v) is 3.84. The van der Waals surface area contributed by atoms with E-state index in [1.807, 2.05) is 6.07 Å². The molecule has 5 nitrogen and oxygen atoms in total. The lowest BCUT2D eigenvalue weighted by Gasteiger charge is -2.19. The number of carbonyl (C=O) groups excluding carboxylic acids is 3. The predicted octanol–water partition coefficient (Wildman–Crippen LogP) is 2.67. The van der Waals surface area contributed by atoms with Gasteiger partial charge in [0.25, 0.3) is 0 Å². The summed E-state index contributed by atoms with van der Waals surface area (Å²) >= 11 is 3.42. The van der Waals surface area contributed by atoms with Crippen LogP contribution in [0.15, 0.2) is 16.6 Å². The first-order valence-corrected chi connectivity index (χ1v) is 7.57. The van der Waals surface area contributed by atoms with E-state index in [2.05, 4.69) is 21.2 Å². The van der Waals surface area contributed by atoms with Crippen molar-refractivity contribution < 1.29 is 14.4 Å². The number of nitrogens with zero attached hydrogens (tertiary/aromatic N) is 1. The van der Waals surface area contributed by atoms with Gasteiger partial charge < -0.3 is 15.0 Å². The largest absolute Gasteiger partial charge is 0.324 e. The zero-order valence-electron chi connectivity index (χ0n) is 12.0.